The van der Waals surface area contributed by atoms with Crippen LogP contribution in [0.25, 0.3) is 0 Å². The lowest BCUT2D eigenvalue weighted by Crippen LogP contribution is -2.50. The highest BCUT2D eigenvalue weighted by Gasteiger charge is 2.33. The first-order valence-corrected chi connectivity index (χ1v) is 10.5. The predicted molar refractivity (Wildman–Crippen MR) is 104 cm³/mol. The van der Waals surface area contributed by atoms with Crippen LogP contribution in [-0.4, -0.2) is 54.6 Å². The maximum Gasteiger partial charge on any atom is 0.270 e. The van der Waals surface area contributed by atoms with E-state index in [1.54, 1.807) is 0 Å². The number of benzene rings is 2. The quantitative estimate of drug-likeness (QED) is 0.397. The molecular formula is C18H16ClF2N3O5S. The van der Waals surface area contributed by atoms with Gasteiger partial charge in [-0.3, -0.25) is 14.9 Å². The lowest BCUT2D eigenvalue weighted by Gasteiger charge is -2.34. The van der Waals surface area contributed by atoms with Crippen LogP contribution in [0.1, 0.15) is 15.9 Å². The Hall–Kier alpha value is -2.63. The molecule has 0 radical (unpaired) electrons. The van der Waals surface area contributed by atoms with Gasteiger partial charge in [-0.2, -0.15) is 4.31 Å². The number of halogens is 3. The summed E-state index contributed by atoms with van der Waals surface area (Å²) in [5.41, 5.74) is -0.213. The van der Waals surface area contributed by atoms with Crippen LogP contribution >= 0.6 is 11.6 Å². The van der Waals surface area contributed by atoms with E-state index in [0.717, 1.165) is 10.4 Å². The van der Waals surface area contributed by atoms with Gasteiger partial charge in [-0.1, -0.05) is 17.7 Å². The number of nitrogens with zero attached hydrogens (tertiary/aromatic N) is 3. The number of nitro groups is 1. The number of nitro benzene ring substituents is 1. The molecule has 1 saturated heterocycles. The summed E-state index contributed by atoms with van der Waals surface area (Å²) >= 11 is 5.84. The second-order valence-electron chi connectivity index (χ2n) is 6.65. The van der Waals surface area contributed by atoms with Gasteiger partial charge in [0.1, 0.15) is 0 Å². The maximum atomic E-state index is 13.5. The molecule has 1 aliphatic rings. The molecule has 8 nitrogen and oxygen atoms in total. The molecule has 1 heterocycles. The molecule has 0 bridgehead atoms. The van der Waals surface area contributed by atoms with Gasteiger partial charge in [0.25, 0.3) is 11.6 Å². The first-order chi connectivity index (χ1) is 14.0. The number of hydrogen-bond donors (Lipinski definition) is 0. The standard InChI is InChI=1S/C18H16ClF2N3O5S/c1-11-2-3-12(24(26)27)8-17(11)30(28,29)23-6-4-22(5-7-23)18(25)13-9-15(20)16(21)10-14(13)19/h2-3,8-10H,4-7H2,1H3. The first-order valence-electron chi connectivity index (χ1n) is 8.71. The Morgan fingerprint density at radius 2 is 1.70 bits per heavy atom. The van der Waals surface area contributed by atoms with E-state index >= 15 is 0 Å². The fourth-order valence-corrected chi connectivity index (χ4v) is 5.01. The second kappa shape index (κ2) is 8.25. The number of non-ortho nitro benzene ring substituents is 1. The van der Waals surface area contributed by atoms with Gasteiger partial charge >= 0.3 is 0 Å². The maximum absolute atomic E-state index is 13.5. The van der Waals surface area contributed by atoms with E-state index < -0.39 is 32.5 Å². The van der Waals surface area contributed by atoms with Crippen LogP contribution in [0, 0.1) is 28.7 Å². The third-order valence-electron chi connectivity index (χ3n) is 4.77. The van der Waals surface area contributed by atoms with Crippen molar-refractivity contribution in [3.8, 4) is 0 Å². The van der Waals surface area contributed by atoms with Crippen LogP contribution in [0.4, 0.5) is 14.5 Å². The SMILES string of the molecule is Cc1ccc([N+](=O)[O-])cc1S(=O)(=O)N1CCN(C(=O)c2cc(F)c(F)cc2Cl)CC1. The number of rotatable bonds is 4. The van der Waals surface area contributed by atoms with Crippen molar-refractivity contribution in [3.63, 3.8) is 0 Å². The molecule has 0 saturated carbocycles. The number of amides is 1. The summed E-state index contributed by atoms with van der Waals surface area (Å²) in [6.07, 6.45) is 0. The van der Waals surface area contributed by atoms with Gasteiger partial charge in [-0.25, -0.2) is 17.2 Å². The molecule has 0 atom stereocenters. The lowest BCUT2D eigenvalue weighted by atomic mass is 10.1. The highest BCUT2D eigenvalue weighted by atomic mass is 35.5. The van der Waals surface area contributed by atoms with Crippen LogP contribution in [0.2, 0.25) is 5.02 Å². The molecule has 0 spiro atoms. The third-order valence-corrected chi connectivity index (χ3v) is 7.12. The van der Waals surface area contributed by atoms with Crippen molar-refractivity contribution in [1.29, 1.82) is 0 Å². The highest BCUT2D eigenvalue weighted by molar-refractivity contribution is 7.89. The highest BCUT2D eigenvalue weighted by Crippen LogP contribution is 2.27. The Morgan fingerprint density at radius 1 is 1.10 bits per heavy atom. The minimum Gasteiger partial charge on any atom is -0.336 e. The Labute approximate surface area is 175 Å². The molecule has 12 heteroatoms. The molecule has 0 unspecified atom stereocenters. The van der Waals surface area contributed by atoms with Crippen molar-refractivity contribution in [2.45, 2.75) is 11.8 Å². The molecule has 1 amide bonds. The number of carbonyl (C=O) groups excluding carboxylic acids is 1. The third kappa shape index (κ3) is 4.13. The topological polar surface area (TPSA) is 101 Å². The minimum atomic E-state index is -4.03. The van der Waals surface area contributed by atoms with Gasteiger partial charge in [0, 0.05) is 38.3 Å². The number of carbonyl (C=O) groups is 1. The summed E-state index contributed by atoms with van der Waals surface area (Å²) in [4.78, 5) is 24.0. The Kier molecular flexibility index (Phi) is 6.06. The van der Waals surface area contributed by atoms with Crippen LogP contribution < -0.4 is 0 Å². The van der Waals surface area contributed by atoms with E-state index in [4.69, 9.17) is 11.6 Å². The molecule has 2 aromatic rings. The Morgan fingerprint density at radius 3 is 2.30 bits per heavy atom. The van der Waals surface area contributed by atoms with E-state index in [0.29, 0.717) is 17.7 Å². The van der Waals surface area contributed by atoms with Crippen molar-refractivity contribution >= 4 is 33.2 Å². The molecular weight excluding hydrogens is 444 g/mol. The van der Waals surface area contributed by atoms with Crippen LogP contribution in [-0.2, 0) is 10.0 Å². The number of hydrogen-bond acceptors (Lipinski definition) is 5. The van der Waals surface area contributed by atoms with E-state index in [-0.39, 0.29) is 47.3 Å². The average Bonchev–Trinajstić information content (AvgIpc) is 2.70. The average molecular weight is 460 g/mol. The van der Waals surface area contributed by atoms with Crippen molar-refractivity contribution < 1.29 is 26.9 Å². The molecule has 30 heavy (non-hydrogen) atoms. The normalized spacial score (nSPS) is 15.3. The zero-order valence-corrected chi connectivity index (χ0v) is 17.2. The summed E-state index contributed by atoms with van der Waals surface area (Å²) in [5.74, 6) is -3.05. The van der Waals surface area contributed by atoms with E-state index in [9.17, 15) is 32.1 Å². The lowest BCUT2D eigenvalue weighted by molar-refractivity contribution is -0.385. The zero-order valence-electron chi connectivity index (χ0n) is 15.6. The van der Waals surface area contributed by atoms with Crippen molar-refractivity contribution in [2.75, 3.05) is 26.2 Å². The minimum absolute atomic E-state index is 0.0125. The monoisotopic (exact) mass is 459 g/mol. The van der Waals surface area contributed by atoms with Crippen LogP contribution in [0.3, 0.4) is 0 Å². The van der Waals surface area contributed by atoms with Crippen LogP contribution in [0.15, 0.2) is 35.2 Å². The van der Waals surface area contributed by atoms with Gasteiger partial charge in [0.2, 0.25) is 10.0 Å². The summed E-state index contributed by atoms with van der Waals surface area (Å²) in [5, 5.41) is 10.7. The Bertz CT molecular complexity index is 1130. The number of aryl methyl sites for hydroxylation is 1. The van der Waals surface area contributed by atoms with E-state index in [2.05, 4.69) is 0 Å². The van der Waals surface area contributed by atoms with Crippen molar-refractivity contribution in [1.82, 2.24) is 9.21 Å². The van der Waals surface area contributed by atoms with Gasteiger partial charge in [0.15, 0.2) is 11.6 Å². The van der Waals surface area contributed by atoms with Crippen molar-refractivity contribution in [2.24, 2.45) is 0 Å². The van der Waals surface area contributed by atoms with Crippen LogP contribution in [0.5, 0.6) is 0 Å². The summed E-state index contributed by atoms with van der Waals surface area (Å²) < 4.78 is 53.7. The molecule has 0 aliphatic carbocycles. The van der Waals surface area contributed by atoms with Gasteiger partial charge in [-0.05, 0) is 24.6 Å². The molecule has 2 aromatic carbocycles. The van der Waals surface area contributed by atoms with Gasteiger partial charge in [0.05, 0.1) is 20.4 Å². The van der Waals surface area contributed by atoms with Gasteiger partial charge in [-0.15, -0.1) is 0 Å². The summed E-state index contributed by atoms with van der Waals surface area (Å²) in [7, 11) is -4.03. The fraction of sp³-hybridized carbons (Fsp3) is 0.278. The smallest absolute Gasteiger partial charge is 0.270 e. The number of sulfonamides is 1. The van der Waals surface area contributed by atoms with Gasteiger partial charge < -0.3 is 4.90 Å². The van der Waals surface area contributed by atoms with E-state index in [1.807, 2.05) is 0 Å². The number of piperazine rings is 1. The van der Waals surface area contributed by atoms with Crippen molar-refractivity contribution in [3.05, 3.63) is 68.2 Å². The van der Waals surface area contributed by atoms with E-state index in [1.165, 1.54) is 24.0 Å². The molecule has 3 rings (SSSR count). The molecule has 1 fully saturated rings. The molecule has 0 aromatic heterocycles. The summed E-state index contributed by atoms with van der Waals surface area (Å²) in [6, 6.07) is 4.99. The first kappa shape index (κ1) is 22.1. The molecule has 160 valence electrons. The largest absolute Gasteiger partial charge is 0.336 e. The fourth-order valence-electron chi connectivity index (χ4n) is 3.11. The molecule has 0 N–H and O–H groups in total. The second-order valence-corrected chi connectivity index (χ2v) is 8.96. The Balaban J connectivity index is 1.78. The zero-order chi connectivity index (χ0) is 22.2. The molecule has 1 aliphatic heterocycles. The predicted octanol–water partition coefficient (Wildman–Crippen LogP) is 2.98. The summed E-state index contributed by atoms with van der Waals surface area (Å²) in [6.45, 7) is 1.36.